The summed E-state index contributed by atoms with van der Waals surface area (Å²) in [7, 11) is 3.63. The van der Waals surface area contributed by atoms with Crippen molar-refractivity contribution < 1.29 is 9.90 Å². The van der Waals surface area contributed by atoms with Gasteiger partial charge in [0, 0.05) is 37.2 Å². The summed E-state index contributed by atoms with van der Waals surface area (Å²) in [4.78, 5) is 28.4. The minimum atomic E-state index is -0.995. The summed E-state index contributed by atoms with van der Waals surface area (Å²) in [5.41, 5.74) is 7.53. The Morgan fingerprint density at radius 2 is 1.72 bits per heavy atom. The van der Waals surface area contributed by atoms with E-state index < -0.39 is 5.97 Å². The number of carbonyl (C=O) groups is 1. The zero-order valence-electron chi connectivity index (χ0n) is 21.2. The number of benzene rings is 2. The van der Waals surface area contributed by atoms with Crippen molar-refractivity contribution in [3.63, 3.8) is 0 Å². The van der Waals surface area contributed by atoms with Gasteiger partial charge in [-0.2, -0.15) is 0 Å². The fraction of sp³-hybridized carbons (Fsp3) is 0.241. The van der Waals surface area contributed by atoms with Gasteiger partial charge >= 0.3 is 5.97 Å². The number of fused-ring (bicyclic) bond motifs is 2. The van der Waals surface area contributed by atoms with Gasteiger partial charge in [0.1, 0.15) is 22.7 Å². The topological polar surface area (TPSA) is 84.1 Å². The Bertz CT molecular complexity index is 1620. The smallest absolute Gasteiger partial charge is 0.340 e. The van der Waals surface area contributed by atoms with E-state index in [4.69, 9.17) is 9.97 Å². The van der Waals surface area contributed by atoms with Gasteiger partial charge in [0.25, 0.3) is 0 Å². The van der Waals surface area contributed by atoms with Crippen LogP contribution in [0.15, 0.2) is 54.6 Å². The largest absolute Gasteiger partial charge is 0.478 e. The highest BCUT2D eigenvalue weighted by Gasteiger charge is 2.23. The van der Waals surface area contributed by atoms with Crippen molar-refractivity contribution in [3.8, 4) is 11.1 Å². The van der Waals surface area contributed by atoms with Crippen LogP contribution in [0.5, 0.6) is 0 Å². The van der Waals surface area contributed by atoms with Crippen LogP contribution in [0.4, 0.5) is 5.82 Å². The molecular weight excluding hydrogens is 450 g/mol. The van der Waals surface area contributed by atoms with Crippen LogP contribution in [0.25, 0.3) is 33.2 Å². The lowest BCUT2D eigenvalue weighted by molar-refractivity contribution is 0.0698. The lowest BCUT2D eigenvalue weighted by Crippen LogP contribution is -2.17. The average molecular weight is 480 g/mol. The molecule has 0 saturated heterocycles. The molecule has 5 rings (SSSR count). The Hall–Kier alpha value is -4.26. The van der Waals surface area contributed by atoms with Gasteiger partial charge in [-0.25, -0.2) is 19.7 Å². The van der Waals surface area contributed by atoms with Crippen LogP contribution in [-0.2, 0) is 13.0 Å². The molecule has 2 aromatic carbocycles. The number of aromatic carboxylic acids is 1. The van der Waals surface area contributed by atoms with Gasteiger partial charge in [-0.1, -0.05) is 49.4 Å². The summed E-state index contributed by atoms with van der Waals surface area (Å²) in [5.74, 6) is 0.444. The van der Waals surface area contributed by atoms with E-state index in [2.05, 4.69) is 41.6 Å². The highest BCUT2D eigenvalue weighted by atomic mass is 16.4. The van der Waals surface area contributed by atoms with Crippen molar-refractivity contribution in [2.75, 3.05) is 19.0 Å². The number of aromatic nitrogens is 4. The summed E-state index contributed by atoms with van der Waals surface area (Å²) < 4.78 is 2.18. The molecule has 0 aliphatic rings. The van der Waals surface area contributed by atoms with Crippen molar-refractivity contribution in [1.82, 2.24) is 19.5 Å². The molecule has 0 spiro atoms. The van der Waals surface area contributed by atoms with E-state index in [0.29, 0.717) is 17.9 Å². The van der Waals surface area contributed by atoms with Crippen LogP contribution in [0.3, 0.4) is 0 Å². The molecule has 3 heterocycles. The molecule has 0 radical (unpaired) electrons. The highest BCUT2D eigenvalue weighted by molar-refractivity contribution is 6.10. The van der Waals surface area contributed by atoms with Crippen molar-refractivity contribution >= 4 is 33.9 Å². The summed E-state index contributed by atoms with van der Waals surface area (Å²) in [5, 5.41) is 11.0. The first-order chi connectivity index (χ1) is 17.3. The van der Waals surface area contributed by atoms with Gasteiger partial charge < -0.3 is 14.6 Å². The fourth-order valence-electron chi connectivity index (χ4n) is 4.87. The normalized spacial score (nSPS) is 11.4. The first-order valence-electron chi connectivity index (χ1n) is 12.0. The van der Waals surface area contributed by atoms with Crippen molar-refractivity contribution in [1.29, 1.82) is 0 Å². The number of pyridine rings is 2. The quantitative estimate of drug-likeness (QED) is 0.339. The molecule has 0 fully saturated rings. The Kier molecular flexibility index (Phi) is 5.92. The molecule has 1 N–H and O–H groups in total. The maximum Gasteiger partial charge on any atom is 0.340 e. The van der Waals surface area contributed by atoms with Crippen LogP contribution < -0.4 is 4.90 Å². The fourth-order valence-corrected chi connectivity index (χ4v) is 4.87. The first-order valence-corrected chi connectivity index (χ1v) is 12.0. The second-order valence-electron chi connectivity index (χ2n) is 9.32. The number of para-hydroxylation sites is 1. The predicted octanol–water partition coefficient (Wildman–Crippen LogP) is 5.64. The molecule has 3 aromatic heterocycles. The summed E-state index contributed by atoms with van der Waals surface area (Å²) in [6, 6.07) is 17.8. The summed E-state index contributed by atoms with van der Waals surface area (Å²) >= 11 is 0. The molecule has 7 heteroatoms. The third-order valence-electron chi connectivity index (χ3n) is 6.51. The van der Waals surface area contributed by atoms with Crippen molar-refractivity contribution in [2.24, 2.45) is 0 Å². The molecule has 5 aromatic rings. The number of imidazole rings is 1. The van der Waals surface area contributed by atoms with E-state index in [1.807, 2.05) is 57.4 Å². The van der Waals surface area contributed by atoms with Crippen LogP contribution >= 0.6 is 0 Å². The molecule has 182 valence electrons. The monoisotopic (exact) mass is 479 g/mol. The molecule has 0 saturated carbocycles. The third-order valence-corrected chi connectivity index (χ3v) is 6.51. The maximum atomic E-state index is 12.4. The number of carboxylic acids is 1. The molecular formula is C29H29N5O2. The maximum absolute atomic E-state index is 12.4. The number of rotatable bonds is 6. The van der Waals surface area contributed by atoms with Gasteiger partial charge in [-0.05, 0) is 42.7 Å². The number of anilines is 1. The van der Waals surface area contributed by atoms with Gasteiger partial charge in [0.05, 0.1) is 12.1 Å². The number of hydrogen-bond donors (Lipinski definition) is 1. The Balaban J connectivity index is 1.62. The number of hydrogen-bond acceptors (Lipinski definition) is 5. The van der Waals surface area contributed by atoms with Crippen LogP contribution in [0, 0.1) is 13.8 Å². The molecule has 0 aliphatic heterocycles. The van der Waals surface area contributed by atoms with E-state index in [9.17, 15) is 9.90 Å². The Labute approximate surface area is 210 Å². The molecule has 0 amide bonds. The van der Waals surface area contributed by atoms with Gasteiger partial charge in [-0.15, -0.1) is 0 Å². The minimum absolute atomic E-state index is 0.204. The average Bonchev–Trinajstić information content (AvgIpc) is 3.20. The number of carboxylic acid groups (broad SMARTS) is 1. The lowest BCUT2D eigenvalue weighted by atomic mass is 9.94. The van der Waals surface area contributed by atoms with E-state index in [-0.39, 0.29) is 5.56 Å². The second-order valence-corrected chi connectivity index (χ2v) is 9.32. The SMILES string of the molecule is CCc1nc2c(C)cc(C)nc2n1Cc1ccc(-c2c(C(=O)O)c(N(C)C)nc3ccccc23)cc1. The summed E-state index contributed by atoms with van der Waals surface area (Å²) in [6.45, 7) is 6.82. The highest BCUT2D eigenvalue weighted by Crippen LogP contribution is 2.36. The molecule has 7 nitrogen and oxygen atoms in total. The molecule has 0 atom stereocenters. The van der Waals surface area contributed by atoms with Crippen molar-refractivity contribution in [3.05, 3.63) is 82.8 Å². The lowest BCUT2D eigenvalue weighted by Gasteiger charge is -2.19. The van der Waals surface area contributed by atoms with Gasteiger partial charge in [0.15, 0.2) is 5.65 Å². The molecule has 36 heavy (non-hydrogen) atoms. The van der Waals surface area contributed by atoms with E-state index in [0.717, 1.165) is 56.7 Å². The standard InChI is InChI=1S/C29H29N5O2/c1-6-23-32-26-17(2)15-18(3)30-28(26)34(23)16-19-11-13-20(14-12-19)24-21-9-7-8-10-22(21)31-27(33(4)5)25(24)29(35)36/h7-15H,6,16H2,1-5H3,(H,35,36). The number of nitrogens with zero attached hydrogens (tertiary/aromatic N) is 5. The molecule has 0 bridgehead atoms. The third kappa shape index (κ3) is 3.96. The summed E-state index contributed by atoms with van der Waals surface area (Å²) in [6.07, 6.45) is 0.811. The van der Waals surface area contributed by atoms with Crippen LogP contribution in [-0.4, -0.2) is 44.7 Å². The molecule has 0 unspecified atom stereocenters. The minimum Gasteiger partial charge on any atom is -0.478 e. The van der Waals surface area contributed by atoms with E-state index in [1.54, 1.807) is 4.90 Å². The van der Waals surface area contributed by atoms with Crippen molar-refractivity contribution in [2.45, 2.75) is 33.7 Å². The second kappa shape index (κ2) is 9.07. The first kappa shape index (κ1) is 23.5. The zero-order chi connectivity index (χ0) is 25.6. The van der Waals surface area contributed by atoms with E-state index >= 15 is 0 Å². The van der Waals surface area contributed by atoms with Crippen LogP contribution in [0.2, 0.25) is 0 Å². The zero-order valence-corrected chi connectivity index (χ0v) is 21.2. The van der Waals surface area contributed by atoms with E-state index in [1.165, 1.54) is 0 Å². The molecule has 0 aliphatic carbocycles. The predicted molar refractivity (Wildman–Crippen MR) is 144 cm³/mol. The number of aryl methyl sites for hydroxylation is 3. The Morgan fingerprint density at radius 1 is 1.00 bits per heavy atom. The Morgan fingerprint density at radius 3 is 2.39 bits per heavy atom. The van der Waals surface area contributed by atoms with Gasteiger partial charge in [0.2, 0.25) is 0 Å². The van der Waals surface area contributed by atoms with Gasteiger partial charge in [-0.3, -0.25) is 0 Å². The van der Waals surface area contributed by atoms with Crippen LogP contribution in [0.1, 0.15) is 39.9 Å².